The zero-order valence-corrected chi connectivity index (χ0v) is 19.3. The number of nitrogens with one attached hydrogen (secondary N) is 2. The van der Waals surface area contributed by atoms with Crippen LogP contribution in [0.1, 0.15) is 21.5 Å². The molecule has 178 valence electrons. The largest absolute Gasteiger partial charge is 0.497 e. The predicted octanol–water partition coefficient (Wildman–Crippen LogP) is 3.42. The van der Waals surface area contributed by atoms with E-state index in [4.69, 9.17) is 9.47 Å². The number of carbonyl (C=O) groups excluding carboxylic acids is 2. The summed E-state index contributed by atoms with van der Waals surface area (Å²) in [5, 5.41) is 2.63. The first-order valence-electron chi connectivity index (χ1n) is 10.1. The van der Waals surface area contributed by atoms with E-state index in [1.165, 1.54) is 31.2 Å². The van der Waals surface area contributed by atoms with Crippen LogP contribution in [0, 0.1) is 12.7 Å². The minimum atomic E-state index is -4.11. The number of amides is 1. The van der Waals surface area contributed by atoms with Crippen molar-refractivity contribution in [2.75, 3.05) is 18.4 Å². The second-order valence-corrected chi connectivity index (χ2v) is 8.91. The summed E-state index contributed by atoms with van der Waals surface area (Å²) in [6.45, 7) is 1.14. The van der Waals surface area contributed by atoms with Crippen molar-refractivity contribution in [2.24, 2.45) is 0 Å². The number of aryl methyl sites for hydroxylation is 1. The molecule has 10 heteroatoms. The third kappa shape index (κ3) is 6.32. The van der Waals surface area contributed by atoms with E-state index in [2.05, 4.69) is 10.0 Å². The van der Waals surface area contributed by atoms with Crippen molar-refractivity contribution in [1.29, 1.82) is 0 Å². The molecule has 2 N–H and O–H groups in total. The van der Waals surface area contributed by atoms with E-state index < -0.39 is 34.3 Å². The van der Waals surface area contributed by atoms with E-state index >= 15 is 0 Å². The fourth-order valence-electron chi connectivity index (χ4n) is 3.07. The summed E-state index contributed by atoms with van der Waals surface area (Å²) in [5.41, 5.74) is 0.932. The SMILES string of the molecule is COc1ccc(CNC(=O)COC(=O)c2ccccc2NS(=O)(=O)c2ccc(F)cc2C)cc1. The number of para-hydroxylation sites is 1. The van der Waals surface area contributed by atoms with Crippen LogP contribution in [0.3, 0.4) is 0 Å². The van der Waals surface area contributed by atoms with Crippen LogP contribution in [0.4, 0.5) is 10.1 Å². The van der Waals surface area contributed by atoms with E-state index in [1.54, 1.807) is 31.4 Å². The van der Waals surface area contributed by atoms with Gasteiger partial charge < -0.3 is 14.8 Å². The molecular formula is C24H23FN2O6S. The first kappa shape index (κ1) is 24.7. The molecule has 0 aliphatic heterocycles. The number of carbonyl (C=O) groups is 2. The maximum Gasteiger partial charge on any atom is 0.340 e. The van der Waals surface area contributed by atoms with E-state index in [-0.39, 0.29) is 28.3 Å². The van der Waals surface area contributed by atoms with Gasteiger partial charge in [0.05, 0.1) is 23.3 Å². The fraction of sp³-hybridized carbons (Fsp3) is 0.167. The highest BCUT2D eigenvalue weighted by molar-refractivity contribution is 7.92. The number of anilines is 1. The molecule has 0 spiro atoms. The van der Waals surface area contributed by atoms with Gasteiger partial charge in [-0.3, -0.25) is 9.52 Å². The van der Waals surface area contributed by atoms with E-state index in [0.29, 0.717) is 5.75 Å². The lowest BCUT2D eigenvalue weighted by atomic mass is 10.2. The molecular weight excluding hydrogens is 463 g/mol. The number of sulfonamides is 1. The lowest BCUT2D eigenvalue weighted by Crippen LogP contribution is -2.28. The third-order valence-corrected chi connectivity index (χ3v) is 6.33. The Labute approximate surface area is 196 Å². The first-order chi connectivity index (χ1) is 16.2. The number of halogens is 1. The molecule has 1 amide bonds. The second kappa shape index (κ2) is 10.8. The van der Waals surface area contributed by atoms with Gasteiger partial charge in [0.15, 0.2) is 6.61 Å². The predicted molar refractivity (Wildman–Crippen MR) is 124 cm³/mol. The average molecular weight is 487 g/mol. The number of hydrogen-bond acceptors (Lipinski definition) is 6. The summed E-state index contributed by atoms with van der Waals surface area (Å²) in [6, 6.07) is 16.2. The highest BCUT2D eigenvalue weighted by atomic mass is 32.2. The molecule has 0 fully saturated rings. The van der Waals surface area contributed by atoms with Crippen molar-refractivity contribution in [1.82, 2.24) is 5.32 Å². The number of esters is 1. The van der Waals surface area contributed by atoms with Crippen molar-refractivity contribution in [3.8, 4) is 5.75 Å². The highest BCUT2D eigenvalue weighted by Crippen LogP contribution is 2.23. The van der Waals surface area contributed by atoms with Crippen LogP contribution in [0.5, 0.6) is 5.75 Å². The quantitative estimate of drug-likeness (QED) is 0.449. The van der Waals surface area contributed by atoms with Gasteiger partial charge >= 0.3 is 5.97 Å². The van der Waals surface area contributed by atoms with E-state index in [9.17, 15) is 22.4 Å². The molecule has 3 aromatic rings. The second-order valence-electron chi connectivity index (χ2n) is 7.26. The summed E-state index contributed by atoms with van der Waals surface area (Å²) in [7, 11) is -2.55. The number of methoxy groups -OCH3 is 1. The van der Waals surface area contributed by atoms with Gasteiger partial charge in [0.2, 0.25) is 0 Å². The Morgan fingerprint density at radius 2 is 1.71 bits per heavy atom. The molecule has 0 unspecified atom stereocenters. The lowest BCUT2D eigenvalue weighted by molar-refractivity contribution is -0.124. The van der Waals surface area contributed by atoms with Gasteiger partial charge in [-0.05, 0) is 60.5 Å². The van der Waals surface area contributed by atoms with Gasteiger partial charge in [-0.2, -0.15) is 0 Å². The molecule has 3 rings (SSSR count). The molecule has 0 radical (unpaired) electrons. The van der Waals surface area contributed by atoms with Crippen molar-refractivity contribution in [2.45, 2.75) is 18.4 Å². The van der Waals surface area contributed by atoms with Crippen LogP contribution >= 0.6 is 0 Å². The molecule has 0 saturated carbocycles. The molecule has 0 saturated heterocycles. The number of rotatable bonds is 9. The molecule has 0 aromatic heterocycles. The van der Waals surface area contributed by atoms with Gasteiger partial charge in [0, 0.05) is 6.54 Å². The van der Waals surface area contributed by atoms with Crippen molar-refractivity contribution in [3.05, 3.63) is 89.2 Å². The summed E-state index contributed by atoms with van der Waals surface area (Å²) < 4.78 is 51.4. The monoisotopic (exact) mass is 486 g/mol. The molecule has 0 heterocycles. The third-order valence-electron chi connectivity index (χ3n) is 4.80. The highest BCUT2D eigenvalue weighted by Gasteiger charge is 2.21. The summed E-state index contributed by atoms with van der Waals surface area (Å²) in [5.74, 6) is -1.28. The van der Waals surface area contributed by atoms with Crippen LogP contribution in [-0.4, -0.2) is 34.0 Å². The fourth-order valence-corrected chi connectivity index (χ4v) is 4.38. The normalized spacial score (nSPS) is 10.9. The topological polar surface area (TPSA) is 111 Å². The standard InChI is InChI=1S/C24H23FN2O6S/c1-16-13-18(25)9-12-22(16)34(30,31)27-21-6-4-3-5-20(21)24(29)33-15-23(28)26-14-17-7-10-19(32-2)11-8-17/h3-13,27H,14-15H2,1-2H3,(H,26,28). The Morgan fingerprint density at radius 1 is 1.00 bits per heavy atom. The Morgan fingerprint density at radius 3 is 2.38 bits per heavy atom. The Balaban J connectivity index is 1.63. The van der Waals surface area contributed by atoms with Gasteiger partial charge in [-0.15, -0.1) is 0 Å². The van der Waals surface area contributed by atoms with Crippen molar-refractivity contribution in [3.63, 3.8) is 0 Å². The van der Waals surface area contributed by atoms with Gasteiger partial charge in [-0.1, -0.05) is 24.3 Å². The minimum absolute atomic E-state index is 0.0325. The zero-order valence-electron chi connectivity index (χ0n) is 18.5. The van der Waals surface area contributed by atoms with Crippen LogP contribution < -0.4 is 14.8 Å². The average Bonchev–Trinajstić information content (AvgIpc) is 2.81. The van der Waals surface area contributed by atoms with Crippen LogP contribution in [0.25, 0.3) is 0 Å². The van der Waals surface area contributed by atoms with Crippen molar-refractivity contribution < 1.29 is 31.9 Å². The molecule has 8 nitrogen and oxygen atoms in total. The van der Waals surface area contributed by atoms with Crippen LogP contribution in [0.2, 0.25) is 0 Å². The summed E-state index contributed by atoms with van der Waals surface area (Å²) in [4.78, 5) is 24.5. The first-order valence-corrected chi connectivity index (χ1v) is 11.6. The van der Waals surface area contributed by atoms with E-state index in [0.717, 1.165) is 23.8 Å². The summed E-state index contributed by atoms with van der Waals surface area (Å²) in [6.07, 6.45) is 0. The molecule has 0 aliphatic carbocycles. The van der Waals surface area contributed by atoms with Gasteiger partial charge in [-0.25, -0.2) is 17.6 Å². The molecule has 3 aromatic carbocycles. The Bertz CT molecular complexity index is 1290. The molecule has 0 aliphatic rings. The van der Waals surface area contributed by atoms with Crippen LogP contribution in [-0.2, 0) is 26.1 Å². The Kier molecular flexibility index (Phi) is 7.85. The van der Waals surface area contributed by atoms with Crippen molar-refractivity contribution >= 4 is 27.6 Å². The number of benzene rings is 3. The molecule has 0 atom stereocenters. The molecule has 0 bridgehead atoms. The minimum Gasteiger partial charge on any atom is -0.497 e. The maximum absolute atomic E-state index is 13.4. The maximum atomic E-state index is 13.4. The van der Waals surface area contributed by atoms with Gasteiger partial charge in [0.25, 0.3) is 15.9 Å². The Hall–Kier alpha value is -3.92. The van der Waals surface area contributed by atoms with Gasteiger partial charge in [0.1, 0.15) is 11.6 Å². The lowest BCUT2D eigenvalue weighted by Gasteiger charge is -2.13. The summed E-state index contributed by atoms with van der Waals surface area (Å²) >= 11 is 0. The number of hydrogen-bond donors (Lipinski definition) is 2. The van der Waals surface area contributed by atoms with Crippen LogP contribution in [0.15, 0.2) is 71.6 Å². The zero-order chi connectivity index (χ0) is 24.7. The van der Waals surface area contributed by atoms with E-state index in [1.807, 2.05) is 0 Å². The number of ether oxygens (including phenoxy) is 2. The molecule has 34 heavy (non-hydrogen) atoms. The smallest absolute Gasteiger partial charge is 0.340 e.